The van der Waals surface area contributed by atoms with Crippen molar-refractivity contribution in [1.29, 1.82) is 0 Å². The van der Waals surface area contributed by atoms with Crippen LogP contribution in [-0.2, 0) is 9.53 Å². The maximum atomic E-state index is 11.1. The second kappa shape index (κ2) is 6.84. The summed E-state index contributed by atoms with van der Waals surface area (Å²) in [7, 11) is 0. The summed E-state index contributed by atoms with van der Waals surface area (Å²) in [4.78, 5) is 25.1. The normalized spacial score (nSPS) is 10.7. The molecule has 1 heterocycles. The third-order valence-corrected chi connectivity index (χ3v) is 2.65. The third kappa shape index (κ3) is 4.03. The van der Waals surface area contributed by atoms with Gasteiger partial charge in [-0.1, -0.05) is 23.8 Å². The van der Waals surface area contributed by atoms with Crippen molar-refractivity contribution in [2.45, 2.75) is 20.3 Å². The fourth-order valence-electron chi connectivity index (χ4n) is 1.46. The lowest BCUT2D eigenvalue weighted by Crippen LogP contribution is -2.01. The number of aromatic nitrogens is 1. The lowest BCUT2D eigenvalue weighted by Gasteiger charge is -2.02. The molecule has 1 rings (SSSR count). The second-order valence-electron chi connectivity index (χ2n) is 3.65. The Balaban J connectivity index is 2.91. The Labute approximate surface area is 115 Å². The third-order valence-electron chi connectivity index (χ3n) is 2.37. The van der Waals surface area contributed by atoms with Gasteiger partial charge in [0.1, 0.15) is 0 Å². The predicted molar refractivity (Wildman–Crippen MR) is 70.9 cm³/mol. The Morgan fingerprint density at radius 1 is 1.63 bits per heavy atom. The van der Waals surface area contributed by atoms with E-state index in [1.165, 1.54) is 6.20 Å². The first-order valence-corrected chi connectivity index (χ1v) is 5.96. The van der Waals surface area contributed by atoms with E-state index in [1.54, 1.807) is 26.0 Å². The zero-order valence-corrected chi connectivity index (χ0v) is 11.3. The van der Waals surface area contributed by atoms with Crippen LogP contribution in [0.2, 0.25) is 5.15 Å². The molecule has 1 aromatic heterocycles. The molecule has 102 valence electrons. The van der Waals surface area contributed by atoms with Crippen molar-refractivity contribution in [3.8, 4) is 0 Å². The molecule has 0 bridgehead atoms. The molecule has 19 heavy (non-hydrogen) atoms. The predicted octanol–water partition coefficient (Wildman–Crippen LogP) is 2.92. The van der Waals surface area contributed by atoms with E-state index in [9.17, 15) is 14.9 Å². The van der Waals surface area contributed by atoms with Gasteiger partial charge in [0, 0.05) is 17.3 Å². The van der Waals surface area contributed by atoms with Gasteiger partial charge >= 0.3 is 11.7 Å². The summed E-state index contributed by atoms with van der Waals surface area (Å²) in [5, 5.41) is 10.7. The number of esters is 1. The monoisotopic (exact) mass is 284 g/mol. The molecule has 0 aliphatic rings. The van der Waals surface area contributed by atoms with Crippen molar-refractivity contribution in [2.75, 3.05) is 6.61 Å². The number of carbonyl (C=O) groups is 1. The number of ether oxygens (including phenoxy) is 1. The quantitative estimate of drug-likeness (QED) is 0.359. The molecule has 1 aromatic rings. The van der Waals surface area contributed by atoms with E-state index in [4.69, 9.17) is 16.3 Å². The van der Waals surface area contributed by atoms with Gasteiger partial charge in [0.2, 0.25) is 5.15 Å². The Morgan fingerprint density at radius 2 is 2.32 bits per heavy atom. The molecule has 7 heteroatoms. The highest BCUT2D eigenvalue weighted by molar-refractivity contribution is 6.31. The van der Waals surface area contributed by atoms with Crippen LogP contribution in [0.1, 0.15) is 24.5 Å². The van der Waals surface area contributed by atoms with Crippen molar-refractivity contribution < 1.29 is 14.5 Å². The number of rotatable bonds is 5. The SMILES string of the molecule is CCOC(=O)CC=Cc1cnc(Cl)c([N+](=O)[O-])c1C. The molecule has 0 fully saturated rings. The summed E-state index contributed by atoms with van der Waals surface area (Å²) >= 11 is 5.67. The molecule has 0 saturated carbocycles. The minimum atomic E-state index is -0.576. The van der Waals surface area contributed by atoms with Crippen LogP contribution in [-0.4, -0.2) is 22.5 Å². The molecule has 0 aliphatic heterocycles. The zero-order chi connectivity index (χ0) is 14.4. The first kappa shape index (κ1) is 15.1. The molecule has 6 nitrogen and oxygen atoms in total. The van der Waals surface area contributed by atoms with E-state index in [2.05, 4.69) is 4.98 Å². The van der Waals surface area contributed by atoms with Crippen molar-refractivity contribution >= 4 is 29.3 Å². The van der Waals surface area contributed by atoms with Gasteiger partial charge in [-0.25, -0.2) is 4.98 Å². The number of hydrogen-bond acceptors (Lipinski definition) is 5. The number of nitrogens with zero attached hydrogens (tertiary/aromatic N) is 2. The number of carbonyl (C=O) groups excluding carboxylic acids is 1. The van der Waals surface area contributed by atoms with Crippen LogP contribution in [0.4, 0.5) is 5.69 Å². The van der Waals surface area contributed by atoms with Crippen LogP contribution in [0.5, 0.6) is 0 Å². The highest BCUT2D eigenvalue weighted by atomic mass is 35.5. The molecule has 0 radical (unpaired) electrons. The van der Waals surface area contributed by atoms with Gasteiger partial charge in [-0.15, -0.1) is 0 Å². The maximum Gasteiger partial charge on any atom is 0.309 e. The molecule has 0 spiro atoms. The van der Waals surface area contributed by atoms with Crippen LogP contribution >= 0.6 is 11.6 Å². The average molecular weight is 285 g/mol. The van der Waals surface area contributed by atoms with Gasteiger partial charge in [-0.2, -0.15) is 0 Å². The van der Waals surface area contributed by atoms with E-state index < -0.39 is 4.92 Å². The number of nitro groups is 1. The summed E-state index contributed by atoms with van der Waals surface area (Å²) in [5.41, 5.74) is 0.727. The summed E-state index contributed by atoms with van der Waals surface area (Å²) in [6, 6.07) is 0. The summed E-state index contributed by atoms with van der Waals surface area (Å²) in [6.07, 6.45) is 4.68. The van der Waals surface area contributed by atoms with Gasteiger partial charge in [0.25, 0.3) is 0 Å². The lowest BCUT2D eigenvalue weighted by molar-refractivity contribution is -0.385. The highest BCUT2D eigenvalue weighted by Crippen LogP contribution is 2.28. The van der Waals surface area contributed by atoms with Crippen molar-refractivity contribution in [3.05, 3.63) is 38.7 Å². The molecule has 0 unspecified atom stereocenters. The summed E-state index contributed by atoms with van der Waals surface area (Å²) in [5.74, 6) is -0.354. The van der Waals surface area contributed by atoms with E-state index in [0.717, 1.165) is 0 Å². The minimum absolute atomic E-state index is 0.101. The molecular formula is C12H13ClN2O4. The van der Waals surface area contributed by atoms with Crippen molar-refractivity contribution in [1.82, 2.24) is 4.98 Å². The van der Waals surface area contributed by atoms with Crippen LogP contribution in [0.3, 0.4) is 0 Å². The fourth-order valence-corrected chi connectivity index (χ4v) is 1.72. The number of pyridine rings is 1. The molecule has 0 aliphatic carbocycles. The van der Waals surface area contributed by atoms with Gasteiger partial charge in [-0.3, -0.25) is 14.9 Å². The first-order valence-electron chi connectivity index (χ1n) is 5.59. The molecule has 0 N–H and O–H groups in total. The van der Waals surface area contributed by atoms with E-state index in [-0.39, 0.29) is 23.2 Å². The van der Waals surface area contributed by atoms with Gasteiger partial charge in [-0.05, 0) is 13.8 Å². The van der Waals surface area contributed by atoms with Crippen LogP contribution in [0, 0.1) is 17.0 Å². The summed E-state index contributed by atoms with van der Waals surface area (Å²) < 4.78 is 4.76. The fraction of sp³-hybridized carbons (Fsp3) is 0.333. The van der Waals surface area contributed by atoms with Gasteiger partial charge in [0.15, 0.2) is 0 Å². The van der Waals surface area contributed by atoms with Crippen molar-refractivity contribution in [2.24, 2.45) is 0 Å². The number of halogens is 1. The molecule has 0 amide bonds. The standard InChI is InChI=1S/C12H13ClN2O4/c1-3-19-10(16)6-4-5-9-7-14-12(13)11(8(9)2)15(17)18/h4-5,7H,3,6H2,1-2H3. The topological polar surface area (TPSA) is 82.3 Å². The van der Waals surface area contributed by atoms with E-state index >= 15 is 0 Å². The Morgan fingerprint density at radius 3 is 2.89 bits per heavy atom. The maximum absolute atomic E-state index is 11.1. The molecular weight excluding hydrogens is 272 g/mol. The van der Waals surface area contributed by atoms with Crippen LogP contribution in [0.25, 0.3) is 6.08 Å². The minimum Gasteiger partial charge on any atom is -0.466 e. The highest BCUT2D eigenvalue weighted by Gasteiger charge is 2.19. The van der Waals surface area contributed by atoms with Crippen LogP contribution < -0.4 is 0 Å². The smallest absolute Gasteiger partial charge is 0.309 e. The molecule has 0 saturated heterocycles. The molecule has 0 aromatic carbocycles. The van der Waals surface area contributed by atoms with Crippen LogP contribution in [0.15, 0.2) is 12.3 Å². The number of hydrogen-bond donors (Lipinski definition) is 0. The lowest BCUT2D eigenvalue weighted by atomic mass is 10.1. The van der Waals surface area contributed by atoms with Gasteiger partial charge in [0.05, 0.1) is 18.0 Å². The largest absolute Gasteiger partial charge is 0.466 e. The van der Waals surface area contributed by atoms with Gasteiger partial charge < -0.3 is 4.74 Å². The second-order valence-corrected chi connectivity index (χ2v) is 4.00. The Bertz CT molecular complexity index is 529. The molecule has 0 atom stereocenters. The van der Waals surface area contributed by atoms with Crippen molar-refractivity contribution in [3.63, 3.8) is 0 Å². The Hall–Kier alpha value is -1.95. The van der Waals surface area contributed by atoms with E-state index in [0.29, 0.717) is 17.7 Å². The zero-order valence-electron chi connectivity index (χ0n) is 10.6. The van der Waals surface area contributed by atoms with E-state index in [1.807, 2.05) is 0 Å². The Kier molecular flexibility index (Phi) is 5.44. The first-order chi connectivity index (χ1) is 8.97. The summed E-state index contributed by atoms with van der Waals surface area (Å²) in [6.45, 7) is 3.62. The average Bonchev–Trinajstić information content (AvgIpc) is 2.32.